The van der Waals surface area contributed by atoms with E-state index >= 15 is 0 Å². The van der Waals surface area contributed by atoms with Gasteiger partial charge in [0.2, 0.25) is 5.89 Å². The van der Waals surface area contributed by atoms with Gasteiger partial charge in [-0.1, -0.05) is 11.8 Å². The first kappa shape index (κ1) is 9.98. The van der Waals surface area contributed by atoms with Crippen LogP contribution < -0.4 is 5.32 Å². The minimum Gasteiger partial charge on any atom is -0.416 e. The Kier molecular flexibility index (Phi) is 3.08. The maximum Gasteiger partial charge on any atom is 0.276 e. The fraction of sp³-hybridized carbons (Fsp3) is 0.778. The lowest BCUT2D eigenvalue weighted by atomic mass is 10.2. The molecule has 4 nitrogen and oxygen atoms in total. The molecule has 0 aliphatic heterocycles. The smallest absolute Gasteiger partial charge is 0.276 e. The number of rotatable bonds is 5. The molecular weight excluding hydrogens is 198 g/mol. The van der Waals surface area contributed by atoms with Crippen molar-refractivity contribution in [3.8, 4) is 0 Å². The molecule has 1 aliphatic rings. The van der Waals surface area contributed by atoms with Gasteiger partial charge in [-0.25, -0.2) is 0 Å². The van der Waals surface area contributed by atoms with Gasteiger partial charge in [-0.05, 0) is 25.8 Å². The minimum atomic E-state index is 0.590. The van der Waals surface area contributed by atoms with Gasteiger partial charge in [-0.15, -0.1) is 10.2 Å². The predicted octanol–water partition coefficient (Wildman–Crippen LogP) is 1.47. The molecule has 14 heavy (non-hydrogen) atoms. The summed E-state index contributed by atoms with van der Waals surface area (Å²) in [5, 5.41) is 11.8. The zero-order valence-electron chi connectivity index (χ0n) is 8.49. The SMILES string of the molecule is CNC(CSc1nnc(C)o1)C1CC1. The first-order chi connectivity index (χ1) is 6.79. The Balaban J connectivity index is 1.80. The molecular formula is C9H15N3OS. The highest BCUT2D eigenvalue weighted by Crippen LogP contribution is 2.34. The molecule has 1 saturated carbocycles. The maximum absolute atomic E-state index is 5.29. The van der Waals surface area contributed by atoms with Crippen LogP contribution in [-0.4, -0.2) is 29.0 Å². The van der Waals surface area contributed by atoms with Crippen molar-refractivity contribution < 1.29 is 4.42 Å². The first-order valence-corrected chi connectivity index (χ1v) is 5.88. The zero-order chi connectivity index (χ0) is 9.97. The average Bonchev–Trinajstić information content (AvgIpc) is 2.92. The Morgan fingerprint density at radius 1 is 1.57 bits per heavy atom. The van der Waals surface area contributed by atoms with Crippen LogP contribution >= 0.6 is 11.8 Å². The Labute approximate surface area is 87.9 Å². The molecule has 0 aromatic carbocycles. The molecule has 2 rings (SSSR count). The number of nitrogens with zero attached hydrogens (tertiary/aromatic N) is 2. The van der Waals surface area contributed by atoms with Gasteiger partial charge in [0.25, 0.3) is 5.22 Å². The van der Waals surface area contributed by atoms with Gasteiger partial charge in [0.1, 0.15) is 0 Å². The van der Waals surface area contributed by atoms with E-state index in [4.69, 9.17) is 4.42 Å². The molecule has 1 aromatic rings. The molecule has 1 atom stereocenters. The van der Waals surface area contributed by atoms with Crippen LogP contribution in [0.3, 0.4) is 0 Å². The van der Waals surface area contributed by atoms with E-state index in [9.17, 15) is 0 Å². The molecule has 1 heterocycles. The molecule has 0 spiro atoms. The summed E-state index contributed by atoms with van der Waals surface area (Å²) < 4.78 is 5.29. The highest BCUT2D eigenvalue weighted by atomic mass is 32.2. The second-order valence-corrected chi connectivity index (χ2v) is 4.60. The van der Waals surface area contributed by atoms with Crippen LogP contribution in [0.4, 0.5) is 0 Å². The summed E-state index contributed by atoms with van der Waals surface area (Å²) >= 11 is 1.64. The van der Waals surface area contributed by atoms with Crippen molar-refractivity contribution in [1.82, 2.24) is 15.5 Å². The van der Waals surface area contributed by atoms with E-state index in [0.29, 0.717) is 17.2 Å². The Bertz CT molecular complexity index is 298. The van der Waals surface area contributed by atoms with Gasteiger partial charge in [0.05, 0.1) is 0 Å². The molecule has 1 aliphatic carbocycles. The van der Waals surface area contributed by atoms with E-state index in [0.717, 1.165) is 11.7 Å². The van der Waals surface area contributed by atoms with Crippen LogP contribution in [0.5, 0.6) is 0 Å². The van der Waals surface area contributed by atoms with Crippen molar-refractivity contribution in [2.75, 3.05) is 12.8 Å². The van der Waals surface area contributed by atoms with Gasteiger partial charge in [-0.2, -0.15) is 0 Å². The first-order valence-electron chi connectivity index (χ1n) is 4.90. The number of thioether (sulfide) groups is 1. The lowest BCUT2D eigenvalue weighted by molar-refractivity contribution is 0.428. The van der Waals surface area contributed by atoms with Crippen LogP contribution in [0, 0.1) is 12.8 Å². The minimum absolute atomic E-state index is 0.590. The van der Waals surface area contributed by atoms with Crippen LogP contribution in [0.15, 0.2) is 9.64 Å². The summed E-state index contributed by atoms with van der Waals surface area (Å²) in [6.45, 7) is 1.81. The van der Waals surface area contributed by atoms with Crippen molar-refractivity contribution in [1.29, 1.82) is 0 Å². The van der Waals surface area contributed by atoms with Gasteiger partial charge in [0.15, 0.2) is 0 Å². The van der Waals surface area contributed by atoms with Crippen molar-refractivity contribution in [2.24, 2.45) is 5.92 Å². The molecule has 0 radical (unpaired) electrons. The topological polar surface area (TPSA) is 51.0 Å². The average molecular weight is 213 g/mol. The lowest BCUT2D eigenvalue weighted by Gasteiger charge is -2.12. The number of aromatic nitrogens is 2. The van der Waals surface area contributed by atoms with Crippen molar-refractivity contribution in [3.05, 3.63) is 5.89 Å². The third kappa shape index (κ3) is 2.48. The van der Waals surface area contributed by atoms with Gasteiger partial charge in [0, 0.05) is 18.7 Å². The molecule has 0 amide bonds. The van der Waals surface area contributed by atoms with Gasteiger partial charge < -0.3 is 9.73 Å². The highest BCUT2D eigenvalue weighted by molar-refractivity contribution is 7.99. The normalized spacial score (nSPS) is 18.4. The zero-order valence-corrected chi connectivity index (χ0v) is 9.30. The van der Waals surface area contributed by atoms with Crippen LogP contribution in [0.1, 0.15) is 18.7 Å². The fourth-order valence-corrected chi connectivity index (χ4v) is 2.49. The summed E-state index contributed by atoms with van der Waals surface area (Å²) in [6.07, 6.45) is 2.71. The van der Waals surface area contributed by atoms with Crippen molar-refractivity contribution in [2.45, 2.75) is 31.0 Å². The number of hydrogen-bond acceptors (Lipinski definition) is 5. The third-order valence-electron chi connectivity index (χ3n) is 2.46. The van der Waals surface area contributed by atoms with E-state index in [1.54, 1.807) is 11.8 Å². The van der Waals surface area contributed by atoms with E-state index in [1.807, 2.05) is 14.0 Å². The summed E-state index contributed by atoms with van der Waals surface area (Å²) in [6, 6.07) is 0.590. The number of aryl methyl sites for hydroxylation is 1. The molecule has 78 valence electrons. The maximum atomic E-state index is 5.29. The van der Waals surface area contributed by atoms with E-state index in [2.05, 4.69) is 15.5 Å². The van der Waals surface area contributed by atoms with Crippen LogP contribution in [-0.2, 0) is 0 Å². The predicted molar refractivity (Wildman–Crippen MR) is 55.3 cm³/mol. The van der Waals surface area contributed by atoms with Crippen LogP contribution in [0.25, 0.3) is 0 Å². The van der Waals surface area contributed by atoms with E-state index in [-0.39, 0.29) is 0 Å². The quantitative estimate of drug-likeness (QED) is 0.751. The van der Waals surface area contributed by atoms with E-state index in [1.165, 1.54) is 12.8 Å². The van der Waals surface area contributed by atoms with Crippen molar-refractivity contribution in [3.63, 3.8) is 0 Å². The Hall–Kier alpha value is -0.550. The van der Waals surface area contributed by atoms with E-state index < -0.39 is 0 Å². The third-order valence-corrected chi connectivity index (χ3v) is 3.39. The monoisotopic (exact) mass is 213 g/mol. The number of hydrogen-bond donors (Lipinski definition) is 1. The summed E-state index contributed by atoms with van der Waals surface area (Å²) in [7, 11) is 2.02. The molecule has 5 heteroatoms. The largest absolute Gasteiger partial charge is 0.416 e. The summed E-state index contributed by atoms with van der Waals surface area (Å²) in [5.41, 5.74) is 0. The molecule has 1 unspecified atom stereocenters. The molecule has 1 aromatic heterocycles. The van der Waals surface area contributed by atoms with Crippen LogP contribution in [0.2, 0.25) is 0 Å². The Morgan fingerprint density at radius 3 is 2.86 bits per heavy atom. The molecule has 1 fully saturated rings. The molecule has 0 saturated heterocycles. The van der Waals surface area contributed by atoms with Gasteiger partial charge >= 0.3 is 0 Å². The molecule has 0 bridgehead atoms. The standard InChI is InChI=1S/C9H15N3OS/c1-6-11-12-9(13-6)14-5-8(10-2)7-3-4-7/h7-8,10H,3-5H2,1-2H3. The second-order valence-electron chi connectivity index (χ2n) is 3.63. The second kappa shape index (κ2) is 4.31. The highest BCUT2D eigenvalue weighted by Gasteiger charge is 2.30. The lowest BCUT2D eigenvalue weighted by Crippen LogP contribution is -2.29. The summed E-state index contributed by atoms with van der Waals surface area (Å²) in [4.78, 5) is 0. The van der Waals surface area contributed by atoms with Gasteiger partial charge in [-0.3, -0.25) is 0 Å². The molecule has 1 N–H and O–H groups in total. The number of nitrogens with one attached hydrogen (secondary N) is 1. The van der Waals surface area contributed by atoms with Crippen molar-refractivity contribution >= 4 is 11.8 Å². The fourth-order valence-electron chi connectivity index (χ4n) is 1.45. The summed E-state index contributed by atoms with van der Waals surface area (Å²) in [5.74, 6) is 2.51. The Morgan fingerprint density at radius 2 is 2.36 bits per heavy atom.